The van der Waals surface area contributed by atoms with Crippen LogP contribution >= 0.6 is 11.8 Å². The first-order valence-corrected chi connectivity index (χ1v) is 14.9. The quantitative estimate of drug-likeness (QED) is 0.214. The third-order valence-corrected chi connectivity index (χ3v) is 9.05. The van der Waals surface area contributed by atoms with E-state index in [4.69, 9.17) is 0 Å². The second kappa shape index (κ2) is 12.3. The van der Waals surface area contributed by atoms with Crippen molar-refractivity contribution in [2.45, 2.75) is 42.2 Å². The molecule has 38 heavy (non-hydrogen) atoms. The lowest BCUT2D eigenvalue weighted by Gasteiger charge is -2.25. The van der Waals surface area contributed by atoms with E-state index in [0.29, 0.717) is 17.3 Å². The Hall–Kier alpha value is -3.55. The summed E-state index contributed by atoms with van der Waals surface area (Å²) in [6.45, 7) is 5.75. The minimum atomic E-state index is -3.96. The number of hydrogen-bond acceptors (Lipinski definition) is 4. The number of nitrogens with zero attached hydrogens (tertiary/aromatic N) is 1. The second-order valence-corrected chi connectivity index (χ2v) is 12.3. The average Bonchev–Trinajstić information content (AvgIpc) is 2.93. The van der Waals surface area contributed by atoms with Gasteiger partial charge in [-0.1, -0.05) is 74.5 Å². The largest absolute Gasteiger partial charge is 0.324 e. The lowest BCUT2D eigenvalue weighted by molar-refractivity contribution is -0.114. The number of sulfonamides is 1. The molecular weight excluding hydrogens is 512 g/mol. The minimum Gasteiger partial charge on any atom is -0.324 e. The first kappa shape index (κ1) is 27.5. The van der Waals surface area contributed by atoms with Crippen LogP contribution < -0.4 is 9.62 Å². The Labute approximate surface area is 230 Å². The summed E-state index contributed by atoms with van der Waals surface area (Å²) >= 11 is 1.75. The molecule has 0 aliphatic heterocycles. The number of carbonyl (C=O) groups excluding carboxylic acids is 1. The number of hydrogen-bond donors (Lipinski definition) is 1. The molecule has 196 valence electrons. The van der Waals surface area contributed by atoms with Crippen molar-refractivity contribution >= 4 is 39.1 Å². The van der Waals surface area contributed by atoms with Crippen LogP contribution in [0.1, 0.15) is 36.5 Å². The summed E-state index contributed by atoms with van der Waals surface area (Å²) in [5.74, 6) is 0.713. The van der Waals surface area contributed by atoms with Crippen molar-refractivity contribution in [3.05, 3.63) is 120 Å². The topological polar surface area (TPSA) is 66.5 Å². The first-order chi connectivity index (χ1) is 18.2. The highest BCUT2D eigenvalue weighted by molar-refractivity contribution is 7.98. The highest BCUT2D eigenvalue weighted by Gasteiger charge is 2.27. The molecular formula is C31H32N2O3S2. The molecule has 0 bridgehead atoms. The molecule has 0 aliphatic carbocycles. The number of anilines is 2. The molecule has 0 spiro atoms. The van der Waals surface area contributed by atoms with Crippen LogP contribution in [0.25, 0.3) is 0 Å². The van der Waals surface area contributed by atoms with Gasteiger partial charge in [-0.05, 0) is 72.0 Å². The number of thioether (sulfide) groups is 1. The van der Waals surface area contributed by atoms with Crippen molar-refractivity contribution in [3.63, 3.8) is 0 Å². The molecule has 4 rings (SSSR count). The summed E-state index contributed by atoms with van der Waals surface area (Å²) in [6.07, 6.45) is 0. The van der Waals surface area contributed by atoms with E-state index in [1.807, 2.05) is 49.4 Å². The molecule has 1 amide bonds. The van der Waals surface area contributed by atoms with Crippen molar-refractivity contribution < 1.29 is 13.2 Å². The van der Waals surface area contributed by atoms with Crippen LogP contribution in [0.5, 0.6) is 0 Å². The van der Waals surface area contributed by atoms with Crippen molar-refractivity contribution in [3.8, 4) is 0 Å². The number of nitrogens with one attached hydrogen (secondary N) is 1. The Morgan fingerprint density at radius 1 is 0.868 bits per heavy atom. The molecule has 0 heterocycles. The van der Waals surface area contributed by atoms with Gasteiger partial charge in [0.1, 0.15) is 6.54 Å². The highest BCUT2D eigenvalue weighted by atomic mass is 32.2. The Bertz CT molecular complexity index is 1470. The number of benzene rings is 4. The molecule has 4 aromatic carbocycles. The summed E-state index contributed by atoms with van der Waals surface area (Å²) in [4.78, 5) is 14.5. The fraction of sp³-hybridized carbons (Fsp3) is 0.194. The molecule has 0 saturated heterocycles. The highest BCUT2D eigenvalue weighted by Crippen LogP contribution is 2.27. The molecule has 0 aliphatic rings. The normalized spacial score (nSPS) is 11.4. The van der Waals surface area contributed by atoms with E-state index in [2.05, 4.69) is 37.4 Å². The fourth-order valence-corrected chi connectivity index (χ4v) is 6.32. The van der Waals surface area contributed by atoms with Gasteiger partial charge in [-0.15, -0.1) is 11.8 Å². The Morgan fingerprint density at radius 3 is 2.11 bits per heavy atom. The second-order valence-electron chi connectivity index (χ2n) is 9.37. The molecule has 0 unspecified atom stereocenters. The van der Waals surface area contributed by atoms with Gasteiger partial charge in [0.2, 0.25) is 5.91 Å². The van der Waals surface area contributed by atoms with Gasteiger partial charge >= 0.3 is 0 Å². The molecule has 0 radical (unpaired) electrons. The number of carbonyl (C=O) groups is 1. The third-order valence-electron chi connectivity index (χ3n) is 6.18. The van der Waals surface area contributed by atoms with E-state index in [-0.39, 0.29) is 11.4 Å². The van der Waals surface area contributed by atoms with Crippen LogP contribution in [0.3, 0.4) is 0 Å². The van der Waals surface area contributed by atoms with Gasteiger partial charge in [0.05, 0.1) is 10.6 Å². The maximum absolute atomic E-state index is 13.6. The standard InChI is InChI=1S/C31H32N2O3S2/c1-23(2)26-15-17-27(18-16-26)33(38(35,36)29-12-8-5-9-13-29)21-31(34)32-30-19-14-25(20-24(30)3)22-37-28-10-6-4-7-11-28/h4-20,23H,21-22H2,1-3H3,(H,32,34). The van der Waals surface area contributed by atoms with Crippen molar-refractivity contribution in [1.82, 2.24) is 0 Å². The van der Waals surface area contributed by atoms with Crippen molar-refractivity contribution in [1.29, 1.82) is 0 Å². The lowest BCUT2D eigenvalue weighted by Crippen LogP contribution is -2.38. The Morgan fingerprint density at radius 2 is 1.50 bits per heavy atom. The summed E-state index contributed by atoms with van der Waals surface area (Å²) in [7, 11) is -3.96. The summed E-state index contributed by atoms with van der Waals surface area (Å²) in [5.41, 5.74) is 4.27. The van der Waals surface area contributed by atoms with E-state index < -0.39 is 15.9 Å². The number of amides is 1. The number of aryl methyl sites for hydroxylation is 1. The van der Waals surface area contributed by atoms with Crippen LogP contribution in [0.4, 0.5) is 11.4 Å². The number of rotatable bonds is 10. The smallest absolute Gasteiger partial charge is 0.264 e. The van der Waals surface area contributed by atoms with Crippen LogP contribution in [0.2, 0.25) is 0 Å². The van der Waals surface area contributed by atoms with E-state index in [0.717, 1.165) is 22.4 Å². The maximum Gasteiger partial charge on any atom is 0.264 e. The predicted octanol–water partition coefficient (Wildman–Crippen LogP) is 7.24. The monoisotopic (exact) mass is 544 g/mol. The van der Waals surface area contributed by atoms with Gasteiger partial charge in [0, 0.05) is 16.3 Å². The summed E-state index contributed by atoms with van der Waals surface area (Å²) in [5, 5.41) is 2.91. The van der Waals surface area contributed by atoms with Crippen molar-refractivity contribution in [2.75, 3.05) is 16.2 Å². The summed E-state index contributed by atoms with van der Waals surface area (Å²) < 4.78 is 28.3. The molecule has 4 aromatic rings. The zero-order chi connectivity index (χ0) is 27.1. The first-order valence-electron chi connectivity index (χ1n) is 12.5. The zero-order valence-corrected chi connectivity index (χ0v) is 23.4. The van der Waals surface area contributed by atoms with Crippen LogP contribution in [-0.4, -0.2) is 20.9 Å². The predicted molar refractivity (Wildman–Crippen MR) is 157 cm³/mol. The van der Waals surface area contributed by atoms with Crippen LogP contribution in [-0.2, 0) is 20.6 Å². The van der Waals surface area contributed by atoms with Gasteiger partial charge in [-0.25, -0.2) is 8.42 Å². The Kier molecular flexibility index (Phi) is 8.92. The minimum absolute atomic E-state index is 0.136. The molecule has 0 aromatic heterocycles. The van der Waals surface area contributed by atoms with Crippen LogP contribution in [0, 0.1) is 6.92 Å². The Balaban J connectivity index is 1.52. The van der Waals surface area contributed by atoms with E-state index in [1.165, 1.54) is 9.20 Å². The maximum atomic E-state index is 13.6. The molecule has 0 fully saturated rings. The van der Waals surface area contributed by atoms with Gasteiger partial charge < -0.3 is 5.32 Å². The fourth-order valence-electron chi connectivity index (χ4n) is 4.02. The van der Waals surface area contributed by atoms with Crippen molar-refractivity contribution in [2.24, 2.45) is 0 Å². The van der Waals surface area contributed by atoms with Gasteiger partial charge in [-0.3, -0.25) is 9.10 Å². The summed E-state index contributed by atoms with van der Waals surface area (Å²) in [6, 6.07) is 31.6. The molecule has 1 N–H and O–H groups in total. The SMILES string of the molecule is Cc1cc(CSc2ccccc2)ccc1NC(=O)CN(c1ccc(C(C)C)cc1)S(=O)(=O)c1ccccc1. The molecule has 0 atom stereocenters. The lowest BCUT2D eigenvalue weighted by atomic mass is 10.0. The van der Waals surface area contributed by atoms with Crippen LogP contribution in [0.15, 0.2) is 113 Å². The van der Waals surface area contributed by atoms with E-state index in [9.17, 15) is 13.2 Å². The average molecular weight is 545 g/mol. The third kappa shape index (κ3) is 6.85. The van der Waals surface area contributed by atoms with E-state index >= 15 is 0 Å². The molecule has 0 saturated carbocycles. The zero-order valence-electron chi connectivity index (χ0n) is 21.8. The molecule has 5 nitrogen and oxygen atoms in total. The van der Waals surface area contributed by atoms with Gasteiger partial charge in [0.15, 0.2) is 0 Å². The van der Waals surface area contributed by atoms with Gasteiger partial charge in [0.25, 0.3) is 10.0 Å². The van der Waals surface area contributed by atoms with E-state index in [1.54, 1.807) is 54.2 Å². The van der Waals surface area contributed by atoms with Gasteiger partial charge in [-0.2, -0.15) is 0 Å². The molecule has 7 heteroatoms.